The molecule has 1 aliphatic heterocycles. The fraction of sp³-hybridized carbons (Fsp3) is 0.200. The Kier molecular flexibility index (Phi) is 6.58. The molecule has 0 aromatic heterocycles. The van der Waals surface area contributed by atoms with Crippen molar-refractivity contribution >= 4 is 28.7 Å². The second-order valence-electron chi connectivity index (χ2n) is 7.53. The van der Waals surface area contributed by atoms with Crippen LogP contribution < -0.4 is 9.64 Å². The van der Waals surface area contributed by atoms with Gasteiger partial charge in [0.15, 0.2) is 0 Å². The van der Waals surface area contributed by atoms with E-state index in [-0.39, 0.29) is 5.91 Å². The number of aryl methyl sites for hydroxylation is 1. The molecule has 4 rings (SSSR count). The number of carbonyl (C=O) groups excluding carboxylic acids is 2. The van der Waals surface area contributed by atoms with Crippen LogP contribution in [0.15, 0.2) is 78.9 Å². The predicted octanol–water partition coefficient (Wildman–Crippen LogP) is 4.20. The molecule has 0 aliphatic carbocycles. The molecule has 5 nitrogen and oxygen atoms in total. The summed E-state index contributed by atoms with van der Waals surface area (Å²) in [7, 11) is 0. The Labute approximate surface area is 189 Å². The van der Waals surface area contributed by atoms with E-state index in [0.717, 1.165) is 11.1 Å². The number of halogens is 1. The van der Waals surface area contributed by atoms with E-state index in [2.05, 4.69) is 0 Å². The number of esters is 1. The van der Waals surface area contributed by atoms with Crippen LogP contribution in [-0.4, -0.2) is 27.4 Å². The fourth-order valence-electron chi connectivity index (χ4n) is 3.82. The minimum Gasteiger partial charge on any atom is -0.616 e. The first-order valence-corrected chi connectivity index (χ1v) is 11.6. The number of rotatable bonds is 7. The summed E-state index contributed by atoms with van der Waals surface area (Å²) in [6.07, 6.45) is 0.603. The van der Waals surface area contributed by atoms with Crippen LogP contribution in [0.2, 0.25) is 0 Å². The van der Waals surface area contributed by atoms with Crippen LogP contribution in [-0.2, 0) is 27.2 Å². The van der Waals surface area contributed by atoms with E-state index >= 15 is 0 Å². The van der Waals surface area contributed by atoms with Gasteiger partial charge in [0.1, 0.15) is 23.4 Å². The predicted molar refractivity (Wildman–Crippen MR) is 121 cm³/mol. The van der Waals surface area contributed by atoms with E-state index in [1.807, 2.05) is 30.3 Å². The van der Waals surface area contributed by atoms with Gasteiger partial charge in [-0.3, -0.25) is 14.5 Å². The van der Waals surface area contributed by atoms with E-state index < -0.39 is 34.3 Å². The molecular formula is C25H22FNO4S. The van der Waals surface area contributed by atoms with Gasteiger partial charge in [-0.2, -0.15) is 0 Å². The number of benzene rings is 3. The van der Waals surface area contributed by atoms with Gasteiger partial charge < -0.3 is 9.29 Å². The summed E-state index contributed by atoms with van der Waals surface area (Å²) < 4.78 is 31.7. The lowest BCUT2D eigenvalue weighted by atomic mass is 9.92. The van der Waals surface area contributed by atoms with Crippen molar-refractivity contribution in [3.05, 3.63) is 95.8 Å². The van der Waals surface area contributed by atoms with Crippen molar-refractivity contribution in [2.24, 2.45) is 0 Å². The molecule has 0 radical (unpaired) electrons. The van der Waals surface area contributed by atoms with Gasteiger partial charge in [0, 0.05) is 19.0 Å². The van der Waals surface area contributed by atoms with Crippen LogP contribution in [0.1, 0.15) is 24.1 Å². The van der Waals surface area contributed by atoms with Crippen LogP contribution in [0.4, 0.5) is 10.1 Å². The van der Waals surface area contributed by atoms with Crippen molar-refractivity contribution in [3.63, 3.8) is 0 Å². The topological polar surface area (TPSA) is 69.7 Å². The second kappa shape index (κ2) is 9.54. The molecule has 1 unspecified atom stereocenters. The molecule has 1 aliphatic rings. The fourth-order valence-corrected chi connectivity index (χ4v) is 5.42. The van der Waals surface area contributed by atoms with Gasteiger partial charge in [-0.1, -0.05) is 42.5 Å². The second-order valence-corrected chi connectivity index (χ2v) is 9.21. The molecule has 0 bridgehead atoms. The minimum absolute atomic E-state index is 0.253. The van der Waals surface area contributed by atoms with E-state index in [9.17, 15) is 18.5 Å². The molecule has 0 N–H and O–H groups in total. The lowest BCUT2D eigenvalue weighted by Gasteiger charge is -2.46. The first kappa shape index (κ1) is 22.0. The third-order valence-corrected chi connectivity index (χ3v) is 6.98. The van der Waals surface area contributed by atoms with Gasteiger partial charge in [0.2, 0.25) is 5.25 Å². The highest BCUT2D eigenvalue weighted by atomic mass is 32.2. The van der Waals surface area contributed by atoms with Gasteiger partial charge >= 0.3 is 5.97 Å². The SMILES string of the molecule is CC(=O)Oc1ccc([C@H]2[C@H]([S+]([O-])CCc3ccccc3)C(=O)N2c2ccc(F)cc2)cc1. The van der Waals surface area contributed by atoms with Gasteiger partial charge in [0.05, 0.1) is 0 Å². The van der Waals surface area contributed by atoms with Crippen molar-refractivity contribution in [2.45, 2.75) is 24.6 Å². The third kappa shape index (κ3) is 4.69. The maximum Gasteiger partial charge on any atom is 0.308 e. The molecule has 1 fully saturated rings. The zero-order chi connectivity index (χ0) is 22.7. The highest BCUT2D eigenvalue weighted by molar-refractivity contribution is 7.93. The monoisotopic (exact) mass is 451 g/mol. The Morgan fingerprint density at radius 2 is 1.69 bits per heavy atom. The number of β-lactam (4-membered cyclic amide) rings is 1. The van der Waals surface area contributed by atoms with Crippen molar-refractivity contribution < 1.29 is 23.3 Å². The average molecular weight is 452 g/mol. The van der Waals surface area contributed by atoms with E-state index in [1.165, 1.54) is 31.2 Å². The summed E-state index contributed by atoms with van der Waals surface area (Å²) in [6, 6.07) is 21.7. The normalized spacial score (nSPS) is 18.7. The van der Waals surface area contributed by atoms with E-state index in [0.29, 0.717) is 23.6 Å². The Balaban J connectivity index is 1.59. The Bertz CT molecular complexity index is 1090. The standard InChI is InChI=1S/C25H22FNO4S/c1-17(28)31-22-13-7-19(8-14-22)23-24(32(30)16-15-18-5-3-2-4-6-18)25(29)27(23)21-11-9-20(26)10-12-21/h2-14,23-24H,15-16H2,1H3/t23-,24-,32?/m0/s1. The number of hydrogen-bond acceptors (Lipinski definition) is 4. The Morgan fingerprint density at radius 1 is 1.03 bits per heavy atom. The van der Waals surface area contributed by atoms with Crippen LogP contribution in [0, 0.1) is 5.82 Å². The molecule has 1 heterocycles. The maximum atomic E-state index is 13.4. The molecule has 7 heteroatoms. The Morgan fingerprint density at radius 3 is 2.31 bits per heavy atom. The van der Waals surface area contributed by atoms with Gasteiger partial charge in [0.25, 0.3) is 5.91 Å². The molecular weight excluding hydrogens is 429 g/mol. The van der Waals surface area contributed by atoms with Gasteiger partial charge in [-0.15, -0.1) is 0 Å². The van der Waals surface area contributed by atoms with Crippen molar-refractivity contribution in [3.8, 4) is 5.75 Å². The zero-order valence-electron chi connectivity index (χ0n) is 17.4. The highest BCUT2D eigenvalue weighted by Crippen LogP contribution is 2.43. The van der Waals surface area contributed by atoms with Crippen molar-refractivity contribution in [1.29, 1.82) is 0 Å². The number of hydrogen-bond donors (Lipinski definition) is 0. The summed E-state index contributed by atoms with van der Waals surface area (Å²) in [5.41, 5.74) is 2.37. The zero-order valence-corrected chi connectivity index (χ0v) is 18.3. The van der Waals surface area contributed by atoms with Gasteiger partial charge in [-0.25, -0.2) is 4.39 Å². The molecule has 1 saturated heterocycles. The summed E-state index contributed by atoms with van der Waals surface area (Å²) in [4.78, 5) is 25.8. The largest absolute Gasteiger partial charge is 0.616 e. The summed E-state index contributed by atoms with van der Waals surface area (Å²) in [6.45, 7) is 1.32. The van der Waals surface area contributed by atoms with Crippen LogP contribution >= 0.6 is 0 Å². The molecule has 3 atom stereocenters. The molecule has 0 spiro atoms. The molecule has 1 amide bonds. The summed E-state index contributed by atoms with van der Waals surface area (Å²) in [5.74, 6) is -0.324. The highest BCUT2D eigenvalue weighted by Gasteiger charge is 2.56. The maximum absolute atomic E-state index is 13.4. The minimum atomic E-state index is -1.40. The molecule has 164 valence electrons. The van der Waals surface area contributed by atoms with Crippen LogP contribution in [0.3, 0.4) is 0 Å². The molecule has 32 heavy (non-hydrogen) atoms. The summed E-state index contributed by atoms with van der Waals surface area (Å²) in [5, 5.41) is -0.705. The number of nitrogens with zero attached hydrogens (tertiary/aromatic N) is 1. The quantitative estimate of drug-likeness (QED) is 0.234. The average Bonchev–Trinajstić information content (AvgIpc) is 2.78. The molecule has 0 saturated carbocycles. The summed E-state index contributed by atoms with van der Waals surface area (Å²) >= 11 is -1.40. The number of carbonyl (C=O) groups is 2. The Hall–Kier alpha value is -3.16. The number of amides is 1. The number of ether oxygens (including phenoxy) is 1. The molecule has 3 aromatic carbocycles. The molecule has 3 aromatic rings. The lowest BCUT2D eigenvalue weighted by molar-refractivity contribution is -0.131. The lowest BCUT2D eigenvalue weighted by Crippen LogP contribution is -2.62. The van der Waals surface area contributed by atoms with E-state index in [1.54, 1.807) is 29.2 Å². The van der Waals surface area contributed by atoms with Gasteiger partial charge in [-0.05, 0) is 58.7 Å². The van der Waals surface area contributed by atoms with Crippen LogP contribution in [0.25, 0.3) is 0 Å². The van der Waals surface area contributed by atoms with Crippen molar-refractivity contribution in [2.75, 3.05) is 10.7 Å². The van der Waals surface area contributed by atoms with E-state index in [4.69, 9.17) is 4.74 Å². The smallest absolute Gasteiger partial charge is 0.308 e. The first-order valence-electron chi connectivity index (χ1n) is 10.2. The van der Waals surface area contributed by atoms with Crippen LogP contribution in [0.5, 0.6) is 5.75 Å². The third-order valence-electron chi connectivity index (χ3n) is 5.35. The first-order chi connectivity index (χ1) is 15.4. The number of anilines is 1. The van der Waals surface area contributed by atoms with Crippen molar-refractivity contribution in [1.82, 2.24) is 0 Å².